The van der Waals surface area contributed by atoms with E-state index in [1.54, 1.807) is 6.20 Å². The maximum atomic E-state index is 10.7. The summed E-state index contributed by atoms with van der Waals surface area (Å²) in [6.07, 6.45) is 7.05. The molecule has 0 bridgehead atoms. The fourth-order valence-electron chi connectivity index (χ4n) is 3.00. The number of rotatable bonds is 2. The smallest absolute Gasteiger partial charge is 0.141 e. The Bertz CT molecular complexity index is 399. The average molecular weight is 221 g/mol. The Morgan fingerprint density at radius 3 is 2.81 bits per heavy atom. The van der Waals surface area contributed by atoms with Crippen LogP contribution in [0, 0.1) is 0 Å². The lowest BCUT2D eigenvalue weighted by molar-refractivity contribution is 0.0336. The Morgan fingerprint density at radius 2 is 2.25 bits per heavy atom. The number of aryl methyl sites for hydroxylation is 1. The summed E-state index contributed by atoms with van der Waals surface area (Å²) < 4.78 is 1.93. The van der Waals surface area contributed by atoms with Gasteiger partial charge in [-0.25, -0.2) is 4.98 Å². The van der Waals surface area contributed by atoms with Gasteiger partial charge >= 0.3 is 0 Å². The van der Waals surface area contributed by atoms with Crippen LogP contribution >= 0.6 is 0 Å². The zero-order chi connectivity index (χ0) is 11.3. The summed E-state index contributed by atoms with van der Waals surface area (Å²) in [4.78, 5) is 6.74. The molecule has 1 saturated heterocycles. The van der Waals surface area contributed by atoms with Gasteiger partial charge in [0.25, 0.3) is 0 Å². The number of hydrogen-bond acceptors (Lipinski definition) is 3. The van der Waals surface area contributed by atoms with E-state index in [9.17, 15) is 5.11 Å². The van der Waals surface area contributed by atoms with Crippen molar-refractivity contribution in [2.75, 3.05) is 6.54 Å². The van der Waals surface area contributed by atoms with Crippen molar-refractivity contribution in [2.24, 2.45) is 7.05 Å². The van der Waals surface area contributed by atoms with Crippen LogP contribution in [-0.2, 0) is 12.6 Å². The zero-order valence-corrected chi connectivity index (χ0v) is 9.93. The molecule has 88 valence electrons. The highest BCUT2D eigenvalue weighted by Gasteiger charge is 2.48. The summed E-state index contributed by atoms with van der Waals surface area (Å²) in [5.74, 6) is 0.808. The number of nitrogens with zero attached hydrogens (tertiary/aromatic N) is 3. The second kappa shape index (κ2) is 3.31. The maximum Gasteiger partial charge on any atom is 0.141 e. The van der Waals surface area contributed by atoms with Crippen molar-refractivity contribution in [3.05, 3.63) is 18.2 Å². The highest BCUT2D eigenvalue weighted by Crippen LogP contribution is 2.40. The third-order valence-corrected chi connectivity index (χ3v) is 3.90. The van der Waals surface area contributed by atoms with Gasteiger partial charge in [-0.3, -0.25) is 4.90 Å². The number of aromatic nitrogens is 2. The minimum absolute atomic E-state index is 0.467. The van der Waals surface area contributed by atoms with E-state index in [1.807, 2.05) is 17.8 Å². The van der Waals surface area contributed by atoms with Crippen molar-refractivity contribution in [1.82, 2.24) is 14.5 Å². The molecule has 3 rings (SSSR count). The first kappa shape index (κ1) is 10.3. The lowest BCUT2D eigenvalue weighted by Gasteiger charge is -2.23. The van der Waals surface area contributed by atoms with Crippen LogP contribution in [0.4, 0.5) is 0 Å². The summed E-state index contributed by atoms with van der Waals surface area (Å²) in [5.41, 5.74) is -0.750. The Kier molecular flexibility index (Phi) is 2.13. The van der Waals surface area contributed by atoms with E-state index in [0.717, 1.165) is 18.8 Å². The van der Waals surface area contributed by atoms with Gasteiger partial charge in [0.1, 0.15) is 11.4 Å². The average Bonchev–Trinajstić information content (AvgIpc) is 2.89. The second-order valence-electron chi connectivity index (χ2n) is 5.35. The van der Waals surface area contributed by atoms with Gasteiger partial charge in [-0.2, -0.15) is 0 Å². The highest BCUT2D eigenvalue weighted by atomic mass is 16.3. The van der Waals surface area contributed by atoms with Crippen molar-refractivity contribution in [3.63, 3.8) is 0 Å². The minimum Gasteiger partial charge on any atom is -0.380 e. The molecule has 1 aromatic rings. The fourth-order valence-corrected chi connectivity index (χ4v) is 3.00. The second-order valence-corrected chi connectivity index (χ2v) is 5.35. The number of likely N-dealkylation sites (tertiary alicyclic amines) is 1. The third-order valence-electron chi connectivity index (χ3n) is 3.90. The van der Waals surface area contributed by atoms with Gasteiger partial charge in [-0.1, -0.05) is 0 Å². The number of β-amino-alcohol motifs (C(OH)–C–C–N with tert-alkyl or cyclic N) is 1. The summed E-state index contributed by atoms with van der Waals surface area (Å²) in [6.45, 7) is 2.95. The van der Waals surface area contributed by atoms with Crippen LogP contribution in [0.15, 0.2) is 12.4 Å². The zero-order valence-electron chi connectivity index (χ0n) is 9.93. The molecular formula is C12H19N3O. The normalized spacial score (nSPS) is 35.8. The van der Waals surface area contributed by atoms with Gasteiger partial charge in [0, 0.05) is 38.1 Å². The van der Waals surface area contributed by atoms with E-state index in [1.165, 1.54) is 12.8 Å². The number of aliphatic hydroxyl groups is 1. The topological polar surface area (TPSA) is 41.3 Å². The van der Waals surface area contributed by atoms with Crippen molar-refractivity contribution < 1.29 is 5.11 Å². The highest BCUT2D eigenvalue weighted by molar-refractivity contribution is 5.12. The molecule has 1 aliphatic carbocycles. The van der Waals surface area contributed by atoms with Crippen molar-refractivity contribution >= 4 is 0 Å². The van der Waals surface area contributed by atoms with E-state index < -0.39 is 5.60 Å². The Hall–Kier alpha value is -0.870. The molecule has 0 aromatic carbocycles. The van der Waals surface area contributed by atoms with Crippen LogP contribution in [0.3, 0.4) is 0 Å². The van der Waals surface area contributed by atoms with Gasteiger partial charge in [0.2, 0.25) is 0 Å². The molecule has 4 nitrogen and oxygen atoms in total. The van der Waals surface area contributed by atoms with Gasteiger partial charge in [-0.15, -0.1) is 0 Å². The molecule has 2 fully saturated rings. The van der Waals surface area contributed by atoms with E-state index in [0.29, 0.717) is 12.1 Å². The molecule has 1 aromatic heterocycles. The van der Waals surface area contributed by atoms with Crippen molar-refractivity contribution in [3.8, 4) is 0 Å². The molecule has 0 radical (unpaired) electrons. The molecule has 2 atom stereocenters. The summed E-state index contributed by atoms with van der Waals surface area (Å²) in [6, 6.07) is 1.18. The lowest BCUT2D eigenvalue weighted by Crippen LogP contribution is -2.34. The SMILES string of the molecule is CC1CC(O)(c2nccn2C)CN1C1CC1. The predicted molar refractivity (Wildman–Crippen MR) is 60.9 cm³/mol. The molecule has 2 aliphatic rings. The number of imidazole rings is 1. The van der Waals surface area contributed by atoms with Crippen LogP contribution in [-0.4, -0.2) is 38.2 Å². The summed E-state index contributed by atoms with van der Waals surface area (Å²) >= 11 is 0. The van der Waals surface area contributed by atoms with Gasteiger partial charge in [0.05, 0.1) is 0 Å². The van der Waals surface area contributed by atoms with Gasteiger partial charge < -0.3 is 9.67 Å². The first-order valence-electron chi connectivity index (χ1n) is 6.06. The fraction of sp³-hybridized carbons (Fsp3) is 0.750. The molecule has 2 unspecified atom stereocenters. The molecular weight excluding hydrogens is 202 g/mol. The third kappa shape index (κ3) is 1.48. The molecule has 0 spiro atoms. The van der Waals surface area contributed by atoms with Crippen LogP contribution in [0.1, 0.15) is 32.0 Å². The van der Waals surface area contributed by atoms with E-state index >= 15 is 0 Å². The monoisotopic (exact) mass is 221 g/mol. The molecule has 1 aliphatic heterocycles. The Labute approximate surface area is 95.9 Å². The summed E-state index contributed by atoms with van der Waals surface area (Å²) in [7, 11) is 1.95. The lowest BCUT2D eigenvalue weighted by atomic mass is 10.00. The van der Waals surface area contributed by atoms with E-state index in [-0.39, 0.29) is 0 Å². The van der Waals surface area contributed by atoms with Gasteiger partial charge in [0.15, 0.2) is 0 Å². The predicted octanol–water partition coefficient (Wildman–Crippen LogP) is 0.864. The first-order valence-corrected chi connectivity index (χ1v) is 6.06. The Balaban J connectivity index is 1.87. The molecule has 0 amide bonds. The minimum atomic E-state index is -0.750. The van der Waals surface area contributed by atoms with Crippen LogP contribution in [0.25, 0.3) is 0 Å². The van der Waals surface area contributed by atoms with Crippen molar-refractivity contribution in [1.29, 1.82) is 0 Å². The molecule has 16 heavy (non-hydrogen) atoms. The van der Waals surface area contributed by atoms with E-state index in [2.05, 4.69) is 16.8 Å². The largest absolute Gasteiger partial charge is 0.380 e. The van der Waals surface area contributed by atoms with Crippen LogP contribution in [0.5, 0.6) is 0 Å². The molecule has 4 heteroatoms. The molecule has 1 saturated carbocycles. The van der Waals surface area contributed by atoms with Crippen molar-refractivity contribution in [2.45, 2.75) is 43.9 Å². The maximum absolute atomic E-state index is 10.7. The van der Waals surface area contributed by atoms with E-state index in [4.69, 9.17) is 0 Å². The van der Waals surface area contributed by atoms with Crippen LogP contribution in [0.2, 0.25) is 0 Å². The summed E-state index contributed by atoms with van der Waals surface area (Å²) in [5, 5.41) is 10.7. The van der Waals surface area contributed by atoms with Crippen LogP contribution < -0.4 is 0 Å². The quantitative estimate of drug-likeness (QED) is 0.805. The molecule has 2 heterocycles. The first-order chi connectivity index (χ1) is 7.60. The Morgan fingerprint density at radius 1 is 1.50 bits per heavy atom. The van der Waals surface area contributed by atoms with Gasteiger partial charge in [-0.05, 0) is 26.2 Å². The molecule has 1 N–H and O–H groups in total. The number of hydrogen-bond donors (Lipinski definition) is 1. The standard InChI is InChI=1S/C12H19N3O/c1-9-7-12(16,8-15(9)10-3-4-10)11-13-5-6-14(11)2/h5-6,9-10,16H,3-4,7-8H2,1-2H3.